The van der Waals surface area contributed by atoms with Crippen LogP contribution >= 0.6 is 12.4 Å². The van der Waals surface area contributed by atoms with Crippen LogP contribution < -0.4 is 4.74 Å². The molecule has 4 aromatic rings. The molecule has 2 aromatic heterocycles. The summed E-state index contributed by atoms with van der Waals surface area (Å²) in [5, 5.41) is 14.4. The summed E-state index contributed by atoms with van der Waals surface area (Å²) in [7, 11) is 0. The van der Waals surface area contributed by atoms with Crippen LogP contribution in [0.25, 0.3) is 22.5 Å². The van der Waals surface area contributed by atoms with Crippen molar-refractivity contribution in [3.05, 3.63) is 77.5 Å². The van der Waals surface area contributed by atoms with Crippen molar-refractivity contribution in [2.75, 3.05) is 0 Å². The number of rotatable bonds is 5. The summed E-state index contributed by atoms with van der Waals surface area (Å²) in [4.78, 5) is 4.69. The van der Waals surface area contributed by atoms with E-state index < -0.39 is 0 Å². The zero-order valence-electron chi connectivity index (χ0n) is 16.4. The van der Waals surface area contributed by atoms with E-state index in [9.17, 15) is 0 Å². The van der Waals surface area contributed by atoms with Gasteiger partial charge in [-0.25, -0.2) is 4.98 Å². The number of tetrazole rings is 1. The van der Waals surface area contributed by atoms with Gasteiger partial charge in [-0.15, -0.1) is 22.6 Å². The van der Waals surface area contributed by atoms with Gasteiger partial charge < -0.3 is 4.74 Å². The van der Waals surface area contributed by atoms with Gasteiger partial charge in [0.2, 0.25) is 11.7 Å². The number of ether oxygens (including phenoxy) is 1. The van der Waals surface area contributed by atoms with Crippen molar-refractivity contribution >= 4 is 12.4 Å². The van der Waals surface area contributed by atoms with Crippen molar-refractivity contribution in [1.82, 2.24) is 25.6 Å². The Kier molecular flexibility index (Phi) is 6.05. The van der Waals surface area contributed by atoms with Gasteiger partial charge >= 0.3 is 0 Å². The van der Waals surface area contributed by atoms with E-state index in [2.05, 4.69) is 62.0 Å². The molecule has 0 bridgehead atoms. The van der Waals surface area contributed by atoms with Crippen molar-refractivity contribution < 1.29 is 4.74 Å². The fourth-order valence-electron chi connectivity index (χ4n) is 3.79. The largest absolute Gasteiger partial charge is 0.473 e. The number of fused-ring (bicyclic) bond motifs is 1. The number of aryl methyl sites for hydroxylation is 2. The van der Waals surface area contributed by atoms with E-state index in [1.54, 1.807) is 0 Å². The van der Waals surface area contributed by atoms with Crippen LogP contribution in [-0.2, 0) is 19.4 Å². The molecule has 0 amide bonds. The molecule has 0 unspecified atom stereocenters. The molecule has 1 aliphatic carbocycles. The van der Waals surface area contributed by atoms with E-state index in [0.717, 1.165) is 35.1 Å². The number of nitrogens with one attached hydrogen (secondary N) is 1. The number of H-pyrrole nitrogens is 1. The van der Waals surface area contributed by atoms with Gasteiger partial charge in [0.25, 0.3) is 0 Å². The Morgan fingerprint density at radius 1 is 0.867 bits per heavy atom. The number of benzene rings is 2. The van der Waals surface area contributed by atoms with Crippen LogP contribution in [0.2, 0.25) is 0 Å². The molecule has 0 fully saturated rings. The van der Waals surface area contributed by atoms with Gasteiger partial charge in [-0.3, -0.25) is 0 Å². The molecule has 6 nitrogen and oxygen atoms in total. The highest BCUT2D eigenvalue weighted by atomic mass is 35.5. The maximum absolute atomic E-state index is 5.94. The summed E-state index contributed by atoms with van der Waals surface area (Å²) in [6.45, 7) is 0.499. The van der Waals surface area contributed by atoms with E-state index in [1.165, 1.54) is 24.1 Å². The highest BCUT2D eigenvalue weighted by Gasteiger charge is 2.12. The number of hydrogen-bond donors (Lipinski definition) is 1. The molecule has 1 aliphatic rings. The second kappa shape index (κ2) is 9.05. The van der Waals surface area contributed by atoms with Crippen molar-refractivity contribution in [3.8, 4) is 28.4 Å². The number of aromatic amines is 1. The predicted molar refractivity (Wildman–Crippen MR) is 118 cm³/mol. The average Bonchev–Trinajstić information content (AvgIpc) is 3.33. The second-order valence-corrected chi connectivity index (χ2v) is 7.23. The molecule has 5 rings (SSSR count). The molecule has 2 aromatic carbocycles. The molecule has 30 heavy (non-hydrogen) atoms. The molecule has 0 spiro atoms. The lowest BCUT2D eigenvalue weighted by Crippen LogP contribution is -2.06. The first-order chi connectivity index (χ1) is 14.4. The number of pyridine rings is 1. The molecule has 0 aliphatic heterocycles. The number of hydrogen-bond acceptors (Lipinski definition) is 5. The molecule has 0 atom stereocenters. The van der Waals surface area contributed by atoms with E-state index >= 15 is 0 Å². The number of nitrogens with zero attached hydrogens (tertiary/aromatic N) is 4. The topological polar surface area (TPSA) is 76.6 Å². The Hall–Kier alpha value is -3.25. The third kappa shape index (κ3) is 4.19. The molecule has 7 heteroatoms. The Labute approximate surface area is 181 Å². The van der Waals surface area contributed by atoms with E-state index in [1.807, 2.05) is 24.3 Å². The summed E-state index contributed by atoms with van der Waals surface area (Å²) in [5.41, 5.74) is 6.78. The smallest absolute Gasteiger partial charge is 0.213 e. The maximum atomic E-state index is 5.94. The van der Waals surface area contributed by atoms with Crippen LogP contribution in [-0.4, -0.2) is 25.6 Å². The lowest BCUT2D eigenvalue weighted by Gasteiger charge is -2.15. The quantitative estimate of drug-likeness (QED) is 0.502. The van der Waals surface area contributed by atoms with Gasteiger partial charge in [0.05, 0.1) is 0 Å². The molecule has 0 radical (unpaired) electrons. The highest BCUT2D eigenvalue weighted by molar-refractivity contribution is 5.85. The summed E-state index contributed by atoms with van der Waals surface area (Å²) >= 11 is 0. The zero-order valence-corrected chi connectivity index (χ0v) is 17.2. The fraction of sp³-hybridized carbons (Fsp3) is 0.217. The summed E-state index contributed by atoms with van der Waals surface area (Å²) in [5.74, 6) is 1.30. The first-order valence-corrected chi connectivity index (χ1v) is 9.90. The van der Waals surface area contributed by atoms with E-state index in [0.29, 0.717) is 18.3 Å². The molecule has 0 saturated carbocycles. The van der Waals surface area contributed by atoms with E-state index in [4.69, 9.17) is 4.74 Å². The summed E-state index contributed by atoms with van der Waals surface area (Å²) < 4.78 is 5.94. The number of aromatic nitrogens is 5. The second-order valence-electron chi connectivity index (χ2n) is 7.23. The standard InChI is InChI=1S/C23H21N5O.ClH/c1-4-8-21-18(5-1)13-14-22(24-21)29-15-16-9-11-17(12-10-16)19-6-2-3-7-20(19)23-25-27-28-26-23;/h2-3,6-7,9-14H,1,4-5,8,15H2,(H,25,26,27,28);1H. The Morgan fingerprint density at radius 3 is 2.47 bits per heavy atom. The molecule has 152 valence electrons. The van der Waals surface area contributed by atoms with Crippen molar-refractivity contribution in [2.45, 2.75) is 32.3 Å². The Balaban J connectivity index is 0.00000218. The molecule has 1 N–H and O–H groups in total. The van der Waals surface area contributed by atoms with Gasteiger partial charge in [-0.05, 0) is 53.2 Å². The van der Waals surface area contributed by atoms with Gasteiger partial charge in [0.15, 0.2) is 0 Å². The minimum atomic E-state index is 0. The van der Waals surface area contributed by atoms with Crippen molar-refractivity contribution in [1.29, 1.82) is 0 Å². The fourth-order valence-corrected chi connectivity index (χ4v) is 3.79. The molecular formula is C23H22ClN5O. The molecule has 0 saturated heterocycles. The third-order valence-electron chi connectivity index (χ3n) is 5.32. The summed E-state index contributed by atoms with van der Waals surface area (Å²) in [6.07, 6.45) is 4.67. The maximum Gasteiger partial charge on any atom is 0.213 e. The lowest BCUT2D eigenvalue weighted by molar-refractivity contribution is 0.292. The Bertz CT molecular complexity index is 1110. The van der Waals surface area contributed by atoms with Crippen LogP contribution in [0.1, 0.15) is 29.7 Å². The minimum Gasteiger partial charge on any atom is -0.473 e. The Morgan fingerprint density at radius 2 is 1.67 bits per heavy atom. The van der Waals surface area contributed by atoms with Gasteiger partial charge in [0.1, 0.15) is 6.61 Å². The van der Waals surface area contributed by atoms with Crippen LogP contribution in [0.5, 0.6) is 5.88 Å². The van der Waals surface area contributed by atoms with Gasteiger partial charge in [-0.1, -0.05) is 54.6 Å². The normalized spacial score (nSPS) is 12.7. The minimum absolute atomic E-state index is 0. The first kappa shape index (κ1) is 20.0. The van der Waals surface area contributed by atoms with E-state index in [-0.39, 0.29) is 12.4 Å². The van der Waals surface area contributed by atoms with Crippen LogP contribution in [0.4, 0.5) is 0 Å². The van der Waals surface area contributed by atoms with Crippen molar-refractivity contribution in [3.63, 3.8) is 0 Å². The zero-order chi connectivity index (χ0) is 19.5. The highest BCUT2D eigenvalue weighted by Crippen LogP contribution is 2.30. The summed E-state index contributed by atoms with van der Waals surface area (Å²) in [6, 6.07) is 20.6. The van der Waals surface area contributed by atoms with Gasteiger partial charge in [-0.2, -0.15) is 5.21 Å². The SMILES string of the molecule is Cl.c1ccc(-c2nn[nH]n2)c(-c2ccc(COc3ccc4c(n3)CCCC4)cc2)c1. The van der Waals surface area contributed by atoms with Crippen LogP contribution in [0.3, 0.4) is 0 Å². The monoisotopic (exact) mass is 419 g/mol. The predicted octanol–water partition coefficient (Wildman–Crippen LogP) is 4.81. The first-order valence-electron chi connectivity index (χ1n) is 9.90. The molecular weight excluding hydrogens is 398 g/mol. The molecule has 2 heterocycles. The average molecular weight is 420 g/mol. The van der Waals surface area contributed by atoms with Gasteiger partial charge in [0, 0.05) is 17.3 Å². The lowest BCUT2D eigenvalue weighted by atomic mass is 9.96. The van der Waals surface area contributed by atoms with Crippen LogP contribution in [0.15, 0.2) is 60.7 Å². The van der Waals surface area contributed by atoms with Crippen molar-refractivity contribution in [2.24, 2.45) is 0 Å². The third-order valence-corrected chi connectivity index (χ3v) is 5.32. The van der Waals surface area contributed by atoms with Crippen LogP contribution in [0, 0.1) is 0 Å². The number of halogens is 1.